The summed E-state index contributed by atoms with van der Waals surface area (Å²) in [7, 11) is -2.20. The third kappa shape index (κ3) is 5.23. The normalized spacial score (nSPS) is 12.3. The molecule has 1 unspecified atom stereocenters. The van der Waals surface area contributed by atoms with E-state index in [2.05, 4.69) is 10.3 Å². The fourth-order valence-corrected chi connectivity index (χ4v) is 4.03. The van der Waals surface area contributed by atoms with Crippen molar-refractivity contribution in [2.75, 3.05) is 12.4 Å². The van der Waals surface area contributed by atoms with Crippen LogP contribution in [0, 0.1) is 0 Å². The molecule has 1 N–H and O–H groups in total. The molecule has 0 fully saturated rings. The first-order valence-electron chi connectivity index (χ1n) is 9.09. The van der Waals surface area contributed by atoms with Crippen LogP contribution < -0.4 is 10.1 Å². The number of nitrogens with zero attached hydrogens (tertiary/aromatic N) is 2. The number of nitrogens with one attached hydrogen (secondary N) is 1. The molecule has 0 aliphatic heterocycles. The fraction of sp³-hybridized carbons (Fsp3) is 0.238. The Balaban J connectivity index is 1.68. The lowest BCUT2D eigenvalue weighted by Crippen LogP contribution is -2.34. The summed E-state index contributed by atoms with van der Waals surface area (Å²) >= 11 is 0. The largest absolute Gasteiger partial charge is 0.497 e. The minimum Gasteiger partial charge on any atom is -0.497 e. The monoisotopic (exact) mass is 413 g/mol. The lowest BCUT2D eigenvalue weighted by atomic mass is 10.2. The predicted octanol–water partition coefficient (Wildman–Crippen LogP) is 2.88. The Kier molecular flexibility index (Phi) is 6.33. The highest BCUT2D eigenvalue weighted by Crippen LogP contribution is 2.17. The average molecular weight is 413 g/mol. The van der Waals surface area contributed by atoms with Gasteiger partial charge in [0.25, 0.3) is 0 Å². The van der Waals surface area contributed by atoms with Crippen molar-refractivity contribution in [2.45, 2.75) is 24.5 Å². The Hall–Kier alpha value is -3.13. The highest BCUT2D eigenvalue weighted by molar-refractivity contribution is 7.92. The van der Waals surface area contributed by atoms with Gasteiger partial charge in [-0.3, -0.25) is 4.79 Å². The maximum absolute atomic E-state index is 12.8. The van der Waals surface area contributed by atoms with Crippen LogP contribution in [-0.4, -0.2) is 36.2 Å². The van der Waals surface area contributed by atoms with Gasteiger partial charge >= 0.3 is 0 Å². The number of carbonyl (C=O) groups is 1. The van der Waals surface area contributed by atoms with Gasteiger partial charge in [-0.2, -0.15) is 0 Å². The molecule has 0 bridgehead atoms. The molecule has 1 amide bonds. The molecule has 29 heavy (non-hydrogen) atoms. The van der Waals surface area contributed by atoms with E-state index >= 15 is 0 Å². The molecule has 1 atom stereocenters. The van der Waals surface area contributed by atoms with Crippen LogP contribution in [0.1, 0.15) is 18.3 Å². The van der Waals surface area contributed by atoms with E-state index in [4.69, 9.17) is 4.74 Å². The van der Waals surface area contributed by atoms with Crippen LogP contribution >= 0.6 is 0 Å². The molecule has 0 radical (unpaired) electrons. The number of anilines is 1. The molecule has 3 rings (SSSR count). The molecule has 3 aromatic rings. The first kappa shape index (κ1) is 20.6. The molecule has 1 heterocycles. The molecule has 0 saturated heterocycles. The summed E-state index contributed by atoms with van der Waals surface area (Å²) in [6, 6.07) is 16.4. The van der Waals surface area contributed by atoms with Crippen molar-refractivity contribution in [3.8, 4) is 5.75 Å². The summed E-state index contributed by atoms with van der Waals surface area (Å²) in [6.07, 6.45) is 3.30. The lowest BCUT2D eigenvalue weighted by molar-refractivity contribution is -0.115. The number of hydrogen-bond donors (Lipinski definition) is 1. The third-order valence-electron chi connectivity index (χ3n) is 4.59. The Morgan fingerprint density at radius 3 is 2.48 bits per heavy atom. The minimum atomic E-state index is -3.75. The summed E-state index contributed by atoms with van der Waals surface area (Å²) in [4.78, 5) is 16.6. The van der Waals surface area contributed by atoms with Gasteiger partial charge in [-0.25, -0.2) is 13.4 Å². The van der Waals surface area contributed by atoms with Crippen LogP contribution in [0.3, 0.4) is 0 Å². The molecular formula is C21H23N3O4S. The highest BCUT2D eigenvalue weighted by Gasteiger charge is 2.29. The summed E-state index contributed by atoms with van der Waals surface area (Å²) in [6.45, 7) is 1.90. The molecule has 0 saturated carbocycles. The zero-order valence-corrected chi connectivity index (χ0v) is 17.1. The molecule has 1 aromatic heterocycles. The van der Waals surface area contributed by atoms with E-state index < -0.39 is 21.0 Å². The zero-order valence-electron chi connectivity index (χ0n) is 16.3. The Morgan fingerprint density at radius 1 is 1.14 bits per heavy atom. The van der Waals surface area contributed by atoms with Gasteiger partial charge in [0.15, 0.2) is 9.84 Å². The van der Waals surface area contributed by atoms with Crippen molar-refractivity contribution >= 4 is 21.4 Å². The van der Waals surface area contributed by atoms with E-state index in [1.54, 1.807) is 48.3 Å². The highest BCUT2D eigenvalue weighted by atomic mass is 32.2. The van der Waals surface area contributed by atoms with Crippen molar-refractivity contribution in [1.82, 2.24) is 9.55 Å². The number of carbonyl (C=O) groups excluding carboxylic acids is 1. The molecule has 2 aromatic carbocycles. The topological polar surface area (TPSA) is 90.3 Å². The van der Waals surface area contributed by atoms with E-state index in [0.29, 0.717) is 23.8 Å². The average Bonchev–Trinajstić information content (AvgIpc) is 3.14. The van der Waals surface area contributed by atoms with Crippen LogP contribution in [0.25, 0.3) is 0 Å². The van der Waals surface area contributed by atoms with Crippen LogP contribution in [-0.2, 0) is 26.9 Å². The summed E-state index contributed by atoms with van der Waals surface area (Å²) in [5.41, 5.74) is 1.54. The molecule has 152 valence electrons. The first-order chi connectivity index (χ1) is 13.9. The second kappa shape index (κ2) is 8.91. The molecule has 0 spiro atoms. The van der Waals surface area contributed by atoms with Gasteiger partial charge in [0, 0.05) is 24.6 Å². The predicted molar refractivity (Wildman–Crippen MR) is 111 cm³/mol. The maximum atomic E-state index is 12.8. The quantitative estimate of drug-likeness (QED) is 0.613. The number of aromatic nitrogens is 2. The van der Waals surface area contributed by atoms with Gasteiger partial charge in [0.05, 0.1) is 7.11 Å². The van der Waals surface area contributed by atoms with E-state index in [-0.39, 0.29) is 5.75 Å². The van der Waals surface area contributed by atoms with Gasteiger partial charge in [-0.1, -0.05) is 30.3 Å². The van der Waals surface area contributed by atoms with Crippen LogP contribution in [0.15, 0.2) is 67.0 Å². The van der Waals surface area contributed by atoms with Crippen LogP contribution in [0.4, 0.5) is 5.69 Å². The number of imidazole rings is 1. The molecule has 0 aliphatic rings. The molecular weight excluding hydrogens is 390 g/mol. The number of amides is 1. The Labute approximate surface area is 170 Å². The number of rotatable bonds is 8. The van der Waals surface area contributed by atoms with Crippen molar-refractivity contribution in [3.05, 3.63) is 78.4 Å². The van der Waals surface area contributed by atoms with E-state index in [1.807, 2.05) is 30.3 Å². The van der Waals surface area contributed by atoms with Gasteiger partial charge in [-0.15, -0.1) is 0 Å². The van der Waals surface area contributed by atoms with E-state index in [0.717, 1.165) is 5.56 Å². The van der Waals surface area contributed by atoms with Crippen molar-refractivity contribution < 1.29 is 17.9 Å². The van der Waals surface area contributed by atoms with Crippen molar-refractivity contribution in [1.29, 1.82) is 0 Å². The number of hydrogen-bond acceptors (Lipinski definition) is 5. The number of methoxy groups -OCH3 is 1. The lowest BCUT2D eigenvalue weighted by Gasteiger charge is -2.14. The van der Waals surface area contributed by atoms with Crippen molar-refractivity contribution in [3.63, 3.8) is 0 Å². The molecule has 8 heteroatoms. The van der Waals surface area contributed by atoms with Gasteiger partial charge in [0.1, 0.15) is 22.6 Å². The van der Waals surface area contributed by atoms with E-state index in [1.165, 1.54) is 6.92 Å². The summed E-state index contributed by atoms with van der Waals surface area (Å²) in [5, 5.41) is 1.42. The number of benzene rings is 2. The first-order valence-corrected chi connectivity index (χ1v) is 10.8. The molecule has 7 nitrogen and oxygen atoms in total. The van der Waals surface area contributed by atoms with Crippen LogP contribution in [0.2, 0.25) is 0 Å². The third-order valence-corrected chi connectivity index (χ3v) is 6.55. The van der Waals surface area contributed by atoms with Gasteiger partial charge < -0.3 is 14.6 Å². The Bertz CT molecular complexity index is 1060. The number of ether oxygens (including phenoxy) is 1. The minimum absolute atomic E-state index is 0.315. The second-order valence-corrected chi connectivity index (χ2v) is 8.95. The summed E-state index contributed by atoms with van der Waals surface area (Å²) in [5.74, 6) is 0.146. The Morgan fingerprint density at radius 2 is 1.83 bits per heavy atom. The maximum Gasteiger partial charge on any atom is 0.242 e. The number of sulfone groups is 1. The van der Waals surface area contributed by atoms with Gasteiger partial charge in [0.2, 0.25) is 5.91 Å². The fourth-order valence-electron chi connectivity index (χ4n) is 2.79. The summed E-state index contributed by atoms with van der Waals surface area (Å²) < 4.78 is 32.5. The van der Waals surface area contributed by atoms with Gasteiger partial charge in [-0.05, 0) is 36.8 Å². The van der Waals surface area contributed by atoms with Crippen molar-refractivity contribution in [2.24, 2.45) is 0 Å². The standard InChI is InChI=1S/C21H23N3O4S/c1-16(21(25)23-18-8-10-19(28-2)11-9-18)29(26,27)15-20-22-12-13-24(20)14-17-6-4-3-5-7-17/h3-13,16H,14-15H2,1-2H3,(H,23,25). The second-order valence-electron chi connectivity index (χ2n) is 6.62. The molecule has 0 aliphatic carbocycles. The zero-order chi connectivity index (χ0) is 20.9. The smallest absolute Gasteiger partial charge is 0.242 e. The SMILES string of the molecule is COc1ccc(NC(=O)C(C)S(=O)(=O)Cc2nccn2Cc2ccccc2)cc1. The van der Waals surface area contributed by atoms with Crippen LogP contribution in [0.5, 0.6) is 5.75 Å². The van der Waals surface area contributed by atoms with E-state index in [9.17, 15) is 13.2 Å².